The van der Waals surface area contributed by atoms with Crippen LogP contribution in [0.15, 0.2) is 72.8 Å². The Labute approximate surface area is 248 Å². The Kier molecular flexibility index (Phi) is 11.0. The number of carbonyl (C=O) groups is 2. The van der Waals surface area contributed by atoms with Crippen LogP contribution in [0.1, 0.15) is 70.8 Å². The summed E-state index contributed by atoms with van der Waals surface area (Å²) in [6, 6.07) is 22.5. The molecule has 0 fully saturated rings. The summed E-state index contributed by atoms with van der Waals surface area (Å²) in [6.45, 7) is 5.57. The molecule has 3 aromatic carbocycles. The zero-order valence-electron chi connectivity index (χ0n) is 24.8. The summed E-state index contributed by atoms with van der Waals surface area (Å²) in [5.41, 5.74) is 4.53. The molecule has 0 unspecified atom stereocenters. The largest absolute Gasteiger partial charge is 0.508 e. The van der Waals surface area contributed by atoms with Crippen molar-refractivity contribution in [3.8, 4) is 22.8 Å². The molecule has 2 amide bonds. The number of unbranched alkanes of at least 4 members (excludes halogenated alkanes) is 5. The van der Waals surface area contributed by atoms with Gasteiger partial charge in [0.25, 0.3) is 0 Å². The molecule has 0 spiro atoms. The topological polar surface area (TPSA) is 94.8 Å². The predicted octanol–water partition coefficient (Wildman–Crippen LogP) is 7.38. The number of nitrogens with one attached hydrogen (secondary N) is 1. The standard InChI is InChI=1S/C35H43N3O4/c1-3-4-22-36-33(42)15-11-6-5-7-12-23-37(26(2)39)35-31-24-30(41)20-21-32(31)38(25-27-13-9-8-10-14-27)34(35)28-16-18-29(40)19-17-28/h8-10,13-14,16-21,24,40-41H,3-7,11-12,15,22-23,25H2,1-2H3,(H,36,42). The maximum atomic E-state index is 13.2. The fourth-order valence-corrected chi connectivity index (χ4v) is 5.45. The number of benzene rings is 3. The monoisotopic (exact) mass is 569 g/mol. The third-order valence-corrected chi connectivity index (χ3v) is 7.63. The normalized spacial score (nSPS) is 11.1. The van der Waals surface area contributed by atoms with Crippen molar-refractivity contribution >= 4 is 28.4 Å². The first-order valence-corrected chi connectivity index (χ1v) is 15.1. The highest BCUT2D eigenvalue weighted by Crippen LogP contribution is 2.43. The third-order valence-electron chi connectivity index (χ3n) is 7.63. The summed E-state index contributed by atoms with van der Waals surface area (Å²) in [5.74, 6) is 0.370. The van der Waals surface area contributed by atoms with Gasteiger partial charge < -0.3 is 25.0 Å². The van der Waals surface area contributed by atoms with E-state index in [1.54, 1.807) is 31.2 Å². The maximum Gasteiger partial charge on any atom is 0.223 e. The number of hydrogen-bond acceptors (Lipinski definition) is 4. The fraction of sp³-hybridized carbons (Fsp3) is 0.371. The van der Waals surface area contributed by atoms with Crippen LogP contribution < -0.4 is 10.2 Å². The van der Waals surface area contributed by atoms with Gasteiger partial charge in [-0.1, -0.05) is 62.9 Å². The van der Waals surface area contributed by atoms with E-state index in [9.17, 15) is 19.8 Å². The second-order valence-corrected chi connectivity index (χ2v) is 10.9. The average molecular weight is 570 g/mol. The Bertz CT molecular complexity index is 1460. The summed E-state index contributed by atoms with van der Waals surface area (Å²) in [7, 11) is 0. The van der Waals surface area contributed by atoms with E-state index in [0.717, 1.165) is 84.9 Å². The van der Waals surface area contributed by atoms with Crippen molar-refractivity contribution in [3.63, 3.8) is 0 Å². The molecule has 42 heavy (non-hydrogen) atoms. The van der Waals surface area contributed by atoms with Gasteiger partial charge in [0.1, 0.15) is 11.5 Å². The van der Waals surface area contributed by atoms with Crippen LogP contribution in [-0.4, -0.2) is 39.7 Å². The summed E-state index contributed by atoms with van der Waals surface area (Å²) < 4.78 is 2.19. The molecule has 4 aromatic rings. The van der Waals surface area contributed by atoms with Crippen molar-refractivity contribution < 1.29 is 19.8 Å². The SMILES string of the molecule is CCCCNC(=O)CCCCCCCN(C(C)=O)c1c(-c2ccc(O)cc2)n(Cc2ccccc2)c2ccc(O)cc12. The Hall–Kier alpha value is -4.26. The van der Waals surface area contributed by atoms with Gasteiger partial charge in [-0.15, -0.1) is 0 Å². The Morgan fingerprint density at radius 2 is 1.52 bits per heavy atom. The van der Waals surface area contributed by atoms with Crippen LogP contribution in [0.5, 0.6) is 11.5 Å². The molecule has 0 saturated carbocycles. The van der Waals surface area contributed by atoms with Crippen molar-refractivity contribution in [1.82, 2.24) is 9.88 Å². The van der Waals surface area contributed by atoms with Crippen LogP contribution in [0.4, 0.5) is 5.69 Å². The van der Waals surface area contributed by atoms with Crippen LogP contribution >= 0.6 is 0 Å². The Morgan fingerprint density at radius 1 is 0.833 bits per heavy atom. The zero-order valence-corrected chi connectivity index (χ0v) is 24.8. The van der Waals surface area contributed by atoms with Gasteiger partial charge in [0.2, 0.25) is 11.8 Å². The molecule has 3 N–H and O–H groups in total. The van der Waals surface area contributed by atoms with Crippen molar-refractivity contribution in [1.29, 1.82) is 0 Å². The molecule has 7 nitrogen and oxygen atoms in total. The molecule has 4 rings (SSSR count). The smallest absolute Gasteiger partial charge is 0.223 e. The molecule has 1 heterocycles. The van der Waals surface area contributed by atoms with E-state index in [4.69, 9.17) is 0 Å². The van der Waals surface area contributed by atoms with Gasteiger partial charge >= 0.3 is 0 Å². The first kappa shape index (κ1) is 30.7. The molecule has 0 aliphatic rings. The molecule has 0 aliphatic heterocycles. The number of phenolic OH excluding ortho intramolecular Hbond substituents is 2. The quantitative estimate of drug-likeness (QED) is 0.130. The van der Waals surface area contributed by atoms with E-state index in [0.29, 0.717) is 19.5 Å². The highest BCUT2D eigenvalue weighted by molar-refractivity contribution is 6.09. The molecule has 0 saturated heterocycles. The lowest BCUT2D eigenvalue weighted by atomic mass is 10.1. The number of hydrogen-bond donors (Lipinski definition) is 3. The van der Waals surface area contributed by atoms with Crippen LogP contribution in [-0.2, 0) is 16.1 Å². The van der Waals surface area contributed by atoms with Gasteiger partial charge in [0.05, 0.1) is 16.9 Å². The van der Waals surface area contributed by atoms with E-state index in [1.165, 1.54) is 0 Å². The van der Waals surface area contributed by atoms with E-state index < -0.39 is 0 Å². The van der Waals surface area contributed by atoms with Crippen LogP contribution in [0.25, 0.3) is 22.2 Å². The lowest BCUT2D eigenvalue weighted by Crippen LogP contribution is -2.30. The minimum absolute atomic E-state index is 0.0686. The van der Waals surface area contributed by atoms with Crippen LogP contribution in [0.2, 0.25) is 0 Å². The summed E-state index contributed by atoms with van der Waals surface area (Å²) >= 11 is 0. The average Bonchev–Trinajstić information content (AvgIpc) is 3.27. The van der Waals surface area contributed by atoms with E-state index >= 15 is 0 Å². The number of amides is 2. The molecule has 0 radical (unpaired) electrons. The number of aromatic hydroxyl groups is 2. The molecule has 0 atom stereocenters. The molecule has 7 heteroatoms. The molecular weight excluding hydrogens is 526 g/mol. The van der Waals surface area contributed by atoms with Gasteiger partial charge in [-0.2, -0.15) is 0 Å². The van der Waals surface area contributed by atoms with Gasteiger partial charge in [-0.05, 0) is 67.3 Å². The second kappa shape index (κ2) is 15.1. The van der Waals surface area contributed by atoms with E-state index in [-0.39, 0.29) is 23.3 Å². The number of nitrogens with zero attached hydrogens (tertiary/aromatic N) is 2. The van der Waals surface area contributed by atoms with E-state index in [2.05, 4.69) is 28.9 Å². The van der Waals surface area contributed by atoms with Gasteiger partial charge in [0.15, 0.2) is 0 Å². The number of phenols is 2. The van der Waals surface area contributed by atoms with Gasteiger partial charge in [-0.25, -0.2) is 0 Å². The highest BCUT2D eigenvalue weighted by atomic mass is 16.3. The fourth-order valence-electron chi connectivity index (χ4n) is 5.45. The van der Waals surface area contributed by atoms with Gasteiger partial charge in [-0.3, -0.25) is 9.59 Å². The van der Waals surface area contributed by atoms with E-state index in [1.807, 2.05) is 41.3 Å². The minimum atomic E-state index is -0.0686. The lowest BCUT2D eigenvalue weighted by molar-refractivity contribution is -0.121. The highest BCUT2D eigenvalue weighted by Gasteiger charge is 2.26. The van der Waals surface area contributed by atoms with Crippen molar-refractivity contribution in [2.24, 2.45) is 0 Å². The second-order valence-electron chi connectivity index (χ2n) is 10.9. The Balaban J connectivity index is 1.58. The molecule has 0 bridgehead atoms. The summed E-state index contributed by atoms with van der Waals surface area (Å²) in [5, 5.41) is 24.3. The first-order valence-electron chi connectivity index (χ1n) is 15.1. The minimum Gasteiger partial charge on any atom is -0.508 e. The van der Waals surface area contributed by atoms with Crippen molar-refractivity contribution in [3.05, 3.63) is 78.4 Å². The van der Waals surface area contributed by atoms with Gasteiger partial charge in [0, 0.05) is 43.9 Å². The van der Waals surface area contributed by atoms with Crippen LogP contribution in [0.3, 0.4) is 0 Å². The number of rotatable bonds is 15. The van der Waals surface area contributed by atoms with Crippen LogP contribution in [0, 0.1) is 0 Å². The van der Waals surface area contributed by atoms with Crippen molar-refractivity contribution in [2.75, 3.05) is 18.0 Å². The first-order chi connectivity index (χ1) is 20.4. The number of carbonyl (C=O) groups excluding carboxylic acids is 2. The number of aromatic nitrogens is 1. The summed E-state index contributed by atoms with van der Waals surface area (Å²) in [6.07, 6.45) is 7.25. The predicted molar refractivity (Wildman–Crippen MR) is 170 cm³/mol. The summed E-state index contributed by atoms with van der Waals surface area (Å²) in [4.78, 5) is 27.0. The zero-order chi connectivity index (χ0) is 29.9. The lowest BCUT2D eigenvalue weighted by Gasteiger charge is -2.23. The molecule has 1 aromatic heterocycles. The third kappa shape index (κ3) is 7.93. The molecule has 0 aliphatic carbocycles. The molecule has 222 valence electrons. The van der Waals surface area contributed by atoms with Crippen molar-refractivity contribution in [2.45, 2.75) is 71.8 Å². The maximum absolute atomic E-state index is 13.2. The number of fused-ring (bicyclic) bond motifs is 1. The Morgan fingerprint density at radius 3 is 2.24 bits per heavy atom. The number of anilines is 1. The molecular formula is C35H43N3O4.